The van der Waals surface area contributed by atoms with Gasteiger partial charge in [-0.15, -0.1) is 11.3 Å². The van der Waals surface area contributed by atoms with Crippen LogP contribution in [0.5, 0.6) is 5.75 Å². The lowest BCUT2D eigenvalue weighted by Gasteiger charge is -2.11. The number of phenolic OH excluding ortho intramolecular Hbond substituents is 1. The molecule has 0 saturated heterocycles. The highest BCUT2D eigenvalue weighted by Gasteiger charge is 2.18. The number of carbonyl (C=O) groups is 2. The van der Waals surface area contributed by atoms with Crippen LogP contribution in [0.2, 0.25) is 5.02 Å². The number of para-hydroxylation sites is 1. The van der Waals surface area contributed by atoms with Gasteiger partial charge in [-0.1, -0.05) is 41.9 Å². The van der Waals surface area contributed by atoms with Crippen LogP contribution in [-0.2, 0) is 0 Å². The summed E-state index contributed by atoms with van der Waals surface area (Å²) in [5.41, 5.74) is 4.79. The Labute approximate surface area is 162 Å². The first-order valence-corrected chi connectivity index (χ1v) is 8.94. The first-order chi connectivity index (χ1) is 12.5. The molecule has 4 N–H and O–H groups in total. The van der Waals surface area contributed by atoms with Crippen molar-refractivity contribution in [1.82, 2.24) is 16.2 Å². The number of thiophene rings is 1. The second-order valence-electron chi connectivity index (χ2n) is 5.12. The summed E-state index contributed by atoms with van der Waals surface area (Å²) in [6, 6.07) is 13.4. The van der Waals surface area contributed by atoms with Crippen molar-refractivity contribution in [2.45, 2.75) is 0 Å². The lowest BCUT2D eigenvalue weighted by Crippen LogP contribution is -2.48. The maximum atomic E-state index is 12.3. The lowest BCUT2D eigenvalue weighted by molar-refractivity contribution is 0.0933. The van der Waals surface area contributed by atoms with Crippen molar-refractivity contribution in [3.05, 3.63) is 64.0 Å². The van der Waals surface area contributed by atoms with Crippen LogP contribution in [0.25, 0.3) is 10.1 Å². The summed E-state index contributed by atoms with van der Waals surface area (Å²) >= 11 is 12.5. The van der Waals surface area contributed by atoms with Crippen molar-refractivity contribution < 1.29 is 14.7 Å². The number of benzene rings is 2. The first-order valence-electron chi connectivity index (χ1n) is 7.34. The summed E-state index contributed by atoms with van der Waals surface area (Å²) in [7, 11) is 0. The van der Waals surface area contributed by atoms with E-state index in [1.807, 2.05) is 24.3 Å². The van der Waals surface area contributed by atoms with Crippen molar-refractivity contribution >= 4 is 62.2 Å². The van der Waals surface area contributed by atoms with Crippen molar-refractivity contribution in [2.75, 3.05) is 0 Å². The zero-order chi connectivity index (χ0) is 18.7. The summed E-state index contributed by atoms with van der Waals surface area (Å²) < 4.78 is 0.884. The number of phenols is 1. The number of aromatic hydroxyl groups is 1. The van der Waals surface area contributed by atoms with E-state index < -0.39 is 11.8 Å². The number of fused-ring (bicyclic) bond motifs is 1. The first kappa shape index (κ1) is 18.1. The normalized spacial score (nSPS) is 10.3. The van der Waals surface area contributed by atoms with Gasteiger partial charge in [0, 0.05) is 10.1 Å². The molecular weight excluding hydrogens is 394 g/mol. The Balaban J connectivity index is 1.62. The zero-order valence-electron chi connectivity index (χ0n) is 13.1. The van der Waals surface area contributed by atoms with Gasteiger partial charge in [0.05, 0.1) is 10.6 Å². The smallest absolute Gasteiger partial charge is 0.273 e. The molecule has 1 aromatic heterocycles. The molecule has 0 aliphatic heterocycles. The summed E-state index contributed by atoms with van der Waals surface area (Å²) in [5.74, 6) is -1.25. The number of hydrogen-bond acceptors (Lipinski definition) is 5. The molecule has 2 amide bonds. The van der Waals surface area contributed by atoms with E-state index in [-0.39, 0.29) is 16.4 Å². The summed E-state index contributed by atoms with van der Waals surface area (Å²) in [6.07, 6.45) is 0. The fourth-order valence-corrected chi connectivity index (χ4v) is 3.75. The van der Waals surface area contributed by atoms with Gasteiger partial charge < -0.3 is 5.11 Å². The molecule has 0 spiro atoms. The average molecular weight is 406 g/mol. The number of nitrogens with one attached hydrogen (secondary N) is 3. The minimum Gasteiger partial charge on any atom is -0.507 e. The lowest BCUT2D eigenvalue weighted by atomic mass is 10.2. The van der Waals surface area contributed by atoms with Crippen LogP contribution < -0.4 is 16.2 Å². The topological polar surface area (TPSA) is 90.5 Å². The van der Waals surface area contributed by atoms with Crippen molar-refractivity contribution in [3.8, 4) is 5.75 Å². The highest BCUT2D eigenvalue weighted by molar-refractivity contribution is 7.80. The number of hydrogen-bond donors (Lipinski definition) is 4. The van der Waals surface area contributed by atoms with E-state index in [4.69, 9.17) is 23.8 Å². The van der Waals surface area contributed by atoms with Gasteiger partial charge in [-0.3, -0.25) is 25.8 Å². The predicted molar refractivity (Wildman–Crippen MR) is 106 cm³/mol. The molecule has 6 nitrogen and oxygen atoms in total. The average Bonchev–Trinajstić information content (AvgIpc) is 2.97. The Bertz CT molecular complexity index is 1020. The van der Waals surface area contributed by atoms with E-state index in [2.05, 4.69) is 16.2 Å². The SMILES string of the molecule is O=C(NNC(=S)NC(=O)c1sc2ccccc2c1Cl)c1ccccc1O. The fraction of sp³-hybridized carbons (Fsp3) is 0. The number of carbonyl (C=O) groups excluding carboxylic acids is 2. The Morgan fingerprint density at radius 2 is 1.69 bits per heavy atom. The van der Waals surface area contributed by atoms with E-state index in [0.29, 0.717) is 9.90 Å². The molecule has 1 heterocycles. The van der Waals surface area contributed by atoms with Crippen molar-refractivity contribution in [2.24, 2.45) is 0 Å². The number of thiocarbonyl (C=S) groups is 1. The molecule has 0 fully saturated rings. The quantitative estimate of drug-likeness (QED) is 0.388. The van der Waals surface area contributed by atoms with Gasteiger partial charge in [0.2, 0.25) is 0 Å². The van der Waals surface area contributed by atoms with E-state index in [9.17, 15) is 14.7 Å². The highest BCUT2D eigenvalue weighted by atomic mass is 35.5. The molecular formula is C17H12ClN3O3S2. The second kappa shape index (κ2) is 7.69. The molecule has 0 unspecified atom stereocenters. The van der Waals surface area contributed by atoms with Gasteiger partial charge in [-0.05, 0) is 30.4 Å². The Morgan fingerprint density at radius 1 is 1.00 bits per heavy atom. The minimum absolute atomic E-state index is 0.0710. The number of hydrazine groups is 1. The maximum Gasteiger partial charge on any atom is 0.273 e. The molecule has 0 radical (unpaired) electrons. The number of rotatable bonds is 2. The Hall–Kier alpha value is -2.68. The molecule has 2 aromatic carbocycles. The molecule has 0 aliphatic carbocycles. The van der Waals surface area contributed by atoms with Gasteiger partial charge in [-0.2, -0.15) is 0 Å². The second-order valence-corrected chi connectivity index (χ2v) is 6.96. The van der Waals surface area contributed by atoms with Crippen LogP contribution >= 0.6 is 35.2 Å². The molecule has 0 bridgehead atoms. The number of amides is 2. The molecule has 3 rings (SSSR count). The standard InChI is InChI=1S/C17H12ClN3O3S2/c18-13-10-6-2-4-8-12(10)26-14(13)16(24)19-17(25)21-20-15(23)9-5-1-3-7-11(9)22/h1-8,22H,(H,20,23)(H2,19,21,24,25). The molecule has 132 valence electrons. The number of halogens is 1. The third-order valence-electron chi connectivity index (χ3n) is 3.41. The summed E-state index contributed by atoms with van der Waals surface area (Å²) in [6.45, 7) is 0. The molecule has 0 saturated carbocycles. The largest absolute Gasteiger partial charge is 0.507 e. The minimum atomic E-state index is -0.598. The third-order valence-corrected chi connectivity index (χ3v) is 5.28. The maximum absolute atomic E-state index is 12.3. The van der Waals surface area contributed by atoms with E-state index in [0.717, 1.165) is 10.1 Å². The van der Waals surface area contributed by atoms with E-state index >= 15 is 0 Å². The zero-order valence-corrected chi connectivity index (χ0v) is 15.5. The Kier molecular flexibility index (Phi) is 5.36. The molecule has 0 atom stereocenters. The predicted octanol–water partition coefficient (Wildman–Crippen LogP) is 3.21. The van der Waals surface area contributed by atoms with Gasteiger partial charge in [-0.25, -0.2) is 0 Å². The monoisotopic (exact) mass is 405 g/mol. The molecule has 3 aromatic rings. The fourth-order valence-electron chi connectivity index (χ4n) is 2.20. The summed E-state index contributed by atoms with van der Waals surface area (Å²) in [5, 5.41) is 13.1. The molecule has 0 aliphatic rings. The Morgan fingerprint density at radius 3 is 2.42 bits per heavy atom. The van der Waals surface area contributed by atoms with Crippen molar-refractivity contribution in [1.29, 1.82) is 0 Å². The van der Waals surface area contributed by atoms with E-state index in [1.165, 1.54) is 23.5 Å². The van der Waals surface area contributed by atoms with Crippen LogP contribution in [-0.4, -0.2) is 22.0 Å². The van der Waals surface area contributed by atoms with Crippen LogP contribution in [0.1, 0.15) is 20.0 Å². The van der Waals surface area contributed by atoms with Crippen LogP contribution in [0.15, 0.2) is 48.5 Å². The van der Waals surface area contributed by atoms with Crippen molar-refractivity contribution in [3.63, 3.8) is 0 Å². The molecule has 9 heteroatoms. The van der Waals surface area contributed by atoms with Crippen LogP contribution in [0.3, 0.4) is 0 Å². The third kappa shape index (κ3) is 3.77. The van der Waals surface area contributed by atoms with Crippen LogP contribution in [0.4, 0.5) is 0 Å². The van der Waals surface area contributed by atoms with Gasteiger partial charge in [0.1, 0.15) is 10.6 Å². The summed E-state index contributed by atoms with van der Waals surface area (Å²) in [4.78, 5) is 24.6. The van der Waals surface area contributed by atoms with E-state index in [1.54, 1.807) is 12.1 Å². The van der Waals surface area contributed by atoms with Crippen LogP contribution in [0, 0.1) is 0 Å². The van der Waals surface area contributed by atoms with Gasteiger partial charge in [0.15, 0.2) is 5.11 Å². The molecule has 26 heavy (non-hydrogen) atoms. The highest BCUT2D eigenvalue weighted by Crippen LogP contribution is 2.34. The van der Waals surface area contributed by atoms with Gasteiger partial charge in [0.25, 0.3) is 11.8 Å². The van der Waals surface area contributed by atoms with Gasteiger partial charge >= 0.3 is 0 Å².